The fourth-order valence-corrected chi connectivity index (χ4v) is 2.44. The van der Waals surface area contributed by atoms with Crippen LogP contribution >= 0.6 is 11.6 Å². The van der Waals surface area contributed by atoms with E-state index < -0.39 is 0 Å². The van der Waals surface area contributed by atoms with Crippen LogP contribution in [0.25, 0.3) is 0 Å². The molecule has 0 aliphatic carbocycles. The zero-order valence-electron chi connectivity index (χ0n) is 12.5. The lowest BCUT2D eigenvalue weighted by Gasteiger charge is -2.15. The van der Waals surface area contributed by atoms with Crippen molar-refractivity contribution in [3.05, 3.63) is 53.1 Å². The first kappa shape index (κ1) is 15.5. The van der Waals surface area contributed by atoms with Gasteiger partial charge in [0.1, 0.15) is 5.75 Å². The van der Waals surface area contributed by atoms with Crippen LogP contribution in [0.3, 0.4) is 0 Å². The van der Waals surface area contributed by atoms with Crippen molar-refractivity contribution in [3.63, 3.8) is 0 Å². The van der Waals surface area contributed by atoms with Crippen LogP contribution in [-0.4, -0.2) is 19.3 Å². The highest BCUT2D eigenvalue weighted by molar-refractivity contribution is 6.32. The lowest BCUT2D eigenvalue weighted by atomic mass is 10.1. The molecule has 120 valence electrons. The number of amides is 1. The predicted octanol–water partition coefficient (Wildman–Crippen LogP) is 3.32. The Morgan fingerprint density at radius 1 is 1.26 bits per heavy atom. The first-order chi connectivity index (χ1) is 11.1. The number of carbonyl (C=O) groups is 1. The van der Waals surface area contributed by atoms with Crippen molar-refractivity contribution in [2.45, 2.75) is 13.0 Å². The summed E-state index contributed by atoms with van der Waals surface area (Å²) in [5, 5.41) is 3.35. The summed E-state index contributed by atoms with van der Waals surface area (Å²) in [6, 6.07) is 12.5. The van der Waals surface area contributed by atoms with Gasteiger partial charge in [0.15, 0.2) is 18.1 Å². The van der Waals surface area contributed by atoms with E-state index in [4.69, 9.17) is 25.8 Å². The van der Waals surface area contributed by atoms with Gasteiger partial charge in [-0.1, -0.05) is 29.8 Å². The number of hydrogen-bond acceptors (Lipinski definition) is 4. The number of hydrogen-bond donors (Lipinski definition) is 1. The summed E-state index contributed by atoms with van der Waals surface area (Å²) in [7, 11) is 0. The summed E-state index contributed by atoms with van der Waals surface area (Å²) in [6.07, 6.45) is 0. The normalized spacial score (nSPS) is 13.5. The van der Waals surface area contributed by atoms with E-state index in [0.29, 0.717) is 22.3 Å². The van der Waals surface area contributed by atoms with E-state index in [9.17, 15) is 4.79 Å². The van der Waals surface area contributed by atoms with Gasteiger partial charge in [-0.15, -0.1) is 0 Å². The van der Waals surface area contributed by atoms with E-state index in [1.165, 1.54) is 0 Å². The average Bonchev–Trinajstić information content (AvgIpc) is 3.01. The molecule has 1 atom stereocenters. The number of halogens is 1. The highest BCUT2D eigenvalue weighted by Gasteiger charge is 2.17. The largest absolute Gasteiger partial charge is 0.482 e. The number of rotatable bonds is 5. The predicted molar refractivity (Wildman–Crippen MR) is 86.1 cm³/mol. The maximum Gasteiger partial charge on any atom is 0.258 e. The van der Waals surface area contributed by atoms with Crippen LogP contribution in [0.2, 0.25) is 5.02 Å². The van der Waals surface area contributed by atoms with Crippen molar-refractivity contribution in [2.75, 3.05) is 13.4 Å². The summed E-state index contributed by atoms with van der Waals surface area (Å²) in [5.74, 6) is 1.67. The molecule has 0 bridgehead atoms. The molecule has 0 saturated carbocycles. The monoisotopic (exact) mass is 333 g/mol. The topological polar surface area (TPSA) is 56.8 Å². The fourth-order valence-electron chi connectivity index (χ4n) is 2.25. The summed E-state index contributed by atoms with van der Waals surface area (Å²) in [6.45, 7) is 2.02. The van der Waals surface area contributed by atoms with Gasteiger partial charge in [-0.3, -0.25) is 4.79 Å². The lowest BCUT2D eigenvalue weighted by Crippen LogP contribution is -2.31. The Hall–Kier alpha value is -2.40. The molecular weight excluding hydrogens is 318 g/mol. The molecule has 0 fully saturated rings. The van der Waals surface area contributed by atoms with Gasteiger partial charge < -0.3 is 19.5 Å². The number of ether oxygens (including phenoxy) is 3. The Morgan fingerprint density at radius 3 is 2.87 bits per heavy atom. The zero-order valence-corrected chi connectivity index (χ0v) is 13.3. The summed E-state index contributed by atoms with van der Waals surface area (Å²) >= 11 is 5.98. The molecule has 1 amide bonds. The molecule has 0 radical (unpaired) electrons. The molecule has 1 aliphatic heterocycles. The molecule has 1 heterocycles. The first-order valence-corrected chi connectivity index (χ1v) is 7.57. The van der Waals surface area contributed by atoms with E-state index in [0.717, 1.165) is 5.56 Å². The lowest BCUT2D eigenvalue weighted by molar-refractivity contribution is -0.123. The quantitative estimate of drug-likeness (QED) is 0.912. The molecule has 2 aromatic rings. The Morgan fingerprint density at radius 2 is 2.04 bits per heavy atom. The highest BCUT2D eigenvalue weighted by atomic mass is 35.5. The molecule has 0 aromatic heterocycles. The maximum atomic E-state index is 12.0. The van der Waals surface area contributed by atoms with E-state index in [2.05, 4.69) is 5.32 Å². The van der Waals surface area contributed by atoms with Crippen LogP contribution in [0.1, 0.15) is 18.5 Å². The van der Waals surface area contributed by atoms with E-state index >= 15 is 0 Å². The van der Waals surface area contributed by atoms with Crippen LogP contribution in [0.4, 0.5) is 0 Å². The van der Waals surface area contributed by atoms with E-state index in [-0.39, 0.29) is 25.3 Å². The molecule has 0 saturated heterocycles. The van der Waals surface area contributed by atoms with Gasteiger partial charge in [0.05, 0.1) is 11.1 Å². The molecule has 23 heavy (non-hydrogen) atoms. The van der Waals surface area contributed by atoms with Crippen LogP contribution in [0.5, 0.6) is 17.2 Å². The zero-order chi connectivity index (χ0) is 16.2. The molecule has 5 nitrogen and oxygen atoms in total. The third-order valence-corrected chi connectivity index (χ3v) is 3.78. The second-order valence-corrected chi connectivity index (χ2v) is 5.53. The maximum absolute atomic E-state index is 12.0. The van der Waals surface area contributed by atoms with Crippen LogP contribution < -0.4 is 19.5 Å². The van der Waals surface area contributed by atoms with Crippen molar-refractivity contribution < 1.29 is 19.0 Å². The highest BCUT2D eigenvalue weighted by Crippen LogP contribution is 2.34. The number of benzene rings is 2. The molecule has 1 aliphatic rings. The van der Waals surface area contributed by atoms with Gasteiger partial charge in [0.2, 0.25) is 6.79 Å². The minimum atomic E-state index is -0.227. The smallest absolute Gasteiger partial charge is 0.258 e. The second-order valence-electron chi connectivity index (χ2n) is 5.12. The molecule has 0 unspecified atom stereocenters. The Bertz CT molecular complexity index is 719. The third kappa shape index (κ3) is 3.68. The van der Waals surface area contributed by atoms with Crippen molar-refractivity contribution in [2.24, 2.45) is 0 Å². The Labute approximate surface area is 139 Å². The standard InChI is InChI=1S/C17H16ClNO4/c1-11(12-6-7-15-16(8-12)23-10-22-15)19-17(20)9-21-14-5-3-2-4-13(14)18/h2-8,11H,9-10H2,1H3,(H,19,20)/t11-/m0/s1. The minimum Gasteiger partial charge on any atom is -0.482 e. The number of nitrogens with one attached hydrogen (secondary N) is 1. The van der Waals surface area contributed by atoms with Gasteiger partial charge in [-0.2, -0.15) is 0 Å². The van der Waals surface area contributed by atoms with E-state index in [1.807, 2.05) is 25.1 Å². The fraction of sp³-hybridized carbons (Fsp3) is 0.235. The Kier molecular flexibility index (Phi) is 4.57. The van der Waals surface area contributed by atoms with Gasteiger partial charge in [-0.05, 0) is 36.8 Å². The first-order valence-electron chi connectivity index (χ1n) is 7.20. The third-order valence-electron chi connectivity index (χ3n) is 3.47. The second kappa shape index (κ2) is 6.79. The van der Waals surface area contributed by atoms with Gasteiger partial charge in [-0.25, -0.2) is 0 Å². The van der Waals surface area contributed by atoms with Crippen molar-refractivity contribution >= 4 is 17.5 Å². The van der Waals surface area contributed by atoms with Crippen LogP contribution in [0, 0.1) is 0 Å². The van der Waals surface area contributed by atoms with Crippen molar-refractivity contribution in [1.82, 2.24) is 5.32 Å². The van der Waals surface area contributed by atoms with Crippen molar-refractivity contribution in [3.8, 4) is 17.2 Å². The molecule has 6 heteroatoms. The number of para-hydroxylation sites is 1. The summed E-state index contributed by atoms with van der Waals surface area (Å²) < 4.78 is 16.0. The van der Waals surface area contributed by atoms with Gasteiger partial charge in [0.25, 0.3) is 5.91 Å². The van der Waals surface area contributed by atoms with E-state index in [1.54, 1.807) is 24.3 Å². The average molecular weight is 334 g/mol. The van der Waals surface area contributed by atoms with Crippen LogP contribution in [0.15, 0.2) is 42.5 Å². The SMILES string of the molecule is C[C@H](NC(=O)COc1ccccc1Cl)c1ccc2c(c1)OCO2. The van der Waals surface area contributed by atoms with Gasteiger partial charge >= 0.3 is 0 Å². The summed E-state index contributed by atoms with van der Waals surface area (Å²) in [4.78, 5) is 12.0. The molecule has 3 rings (SSSR count). The molecular formula is C17H16ClNO4. The number of carbonyl (C=O) groups excluding carboxylic acids is 1. The Balaban J connectivity index is 1.56. The van der Waals surface area contributed by atoms with Gasteiger partial charge in [0, 0.05) is 0 Å². The summed E-state index contributed by atoms with van der Waals surface area (Å²) in [5.41, 5.74) is 0.931. The van der Waals surface area contributed by atoms with Crippen LogP contribution in [-0.2, 0) is 4.79 Å². The number of fused-ring (bicyclic) bond motifs is 1. The molecule has 1 N–H and O–H groups in total. The van der Waals surface area contributed by atoms with Crippen molar-refractivity contribution in [1.29, 1.82) is 0 Å². The molecule has 2 aromatic carbocycles. The minimum absolute atomic E-state index is 0.0986. The molecule has 0 spiro atoms.